The minimum Gasteiger partial charge on any atom is -0.458 e. The van der Waals surface area contributed by atoms with Gasteiger partial charge in [0.2, 0.25) is 0 Å². The third-order valence-electron chi connectivity index (χ3n) is 3.93. The van der Waals surface area contributed by atoms with E-state index in [9.17, 15) is 4.79 Å². The Labute approximate surface area is 80.7 Å². The van der Waals surface area contributed by atoms with Crippen molar-refractivity contribution in [1.29, 1.82) is 0 Å². The first-order valence-corrected chi connectivity index (χ1v) is 4.96. The Balaban J connectivity index is 3.04. The molecule has 2 atom stereocenters. The minimum absolute atomic E-state index is 0.0591. The second-order valence-corrected chi connectivity index (χ2v) is 5.17. The number of hydrogen-bond donors (Lipinski definition) is 0. The van der Waals surface area contributed by atoms with Gasteiger partial charge in [0.15, 0.2) is 0 Å². The lowest BCUT2D eigenvalue weighted by molar-refractivity contribution is -0.155. The van der Waals surface area contributed by atoms with Crippen LogP contribution in [-0.2, 0) is 9.53 Å². The fraction of sp³-hybridized carbons (Fsp3) is 0.909. The summed E-state index contributed by atoms with van der Waals surface area (Å²) in [5.41, 5.74) is -0.625. The lowest BCUT2D eigenvalue weighted by Gasteiger charge is -2.33. The molecule has 76 valence electrons. The Morgan fingerprint density at radius 2 is 1.77 bits per heavy atom. The third kappa shape index (κ3) is 1.27. The summed E-state index contributed by atoms with van der Waals surface area (Å²) < 4.78 is 5.50. The Hall–Kier alpha value is -0.530. The van der Waals surface area contributed by atoms with Gasteiger partial charge in [-0.1, -0.05) is 20.8 Å². The first kappa shape index (κ1) is 10.6. The summed E-state index contributed by atoms with van der Waals surface area (Å²) >= 11 is 0. The van der Waals surface area contributed by atoms with Gasteiger partial charge in [0.05, 0.1) is 5.41 Å². The van der Waals surface area contributed by atoms with Crippen molar-refractivity contribution >= 4 is 5.97 Å². The van der Waals surface area contributed by atoms with Crippen molar-refractivity contribution in [2.75, 3.05) is 0 Å². The molecule has 1 fully saturated rings. The average molecular weight is 184 g/mol. The molecule has 0 aliphatic carbocycles. The molecule has 2 unspecified atom stereocenters. The topological polar surface area (TPSA) is 26.3 Å². The van der Waals surface area contributed by atoms with E-state index in [1.54, 1.807) is 0 Å². The molecule has 0 N–H and O–H groups in total. The summed E-state index contributed by atoms with van der Waals surface area (Å²) in [7, 11) is 0. The highest BCUT2D eigenvalue weighted by atomic mass is 16.6. The van der Waals surface area contributed by atoms with Crippen LogP contribution in [0.3, 0.4) is 0 Å². The van der Waals surface area contributed by atoms with Crippen LogP contribution in [0.15, 0.2) is 0 Å². The second-order valence-electron chi connectivity index (χ2n) is 5.17. The zero-order chi connectivity index (χ0) is 10.4. The molecule has 2 nitrogen and oxygen atoms in total. The molecule has 0 bridgehead atoms. The van der Waals surface area contributed by atoms with Crippen LogP contribution in [0.5, 0.6) is 0 Å². The van der Waals surface area contributed by atoms with E-state index in [2.05, 4.69) is 20.8 Å². The van der Waals surface area contributed by atoms with Crippen LogP contribution < -0.4 is 0 Å². The first-order chi connectivity index (χ1) is 5.73. The molecule has 1 saturated heterocycles. The van der Waals surface area contributed by atoms with Crippen molar-refractivity contribution in [2.24, 2.45) is 17.3 Å². The number of esters is 1. The minimum atomic E-state index is -0.334. The zero-order valence-corrected chi connectivity index (χ0v) is 9.47. The largest absolute Gasteiger partial charge is 0.458 e. The highest BCUT2D eigenvalue weighted by molar-refractivity contribution is 5.79. The van der Waals surface area contributed by atoms with Crippen molar-refractivity contribution in [3.05, 3.63) is 0 Å². The van der Waals surface area contributed by atoms with E-state index in [1.165, 1.54) is 0 Å². The number of carbonyl (C=O) groups excluding carboxylic acids is 1. The van der Waals surface area contributed by atoms with Crippen molar-refractivity contribution in [2.45, 2.75) is 47.1 Å². The maximum absolute atomic E-state index is 11.6. The van der Waals surface area contributed by atoms with Gasteiger partial charge in [-0.2, -0.15) is 0 Å². The van der Waals surface area contributed by atoms with Gasteiger partial charge in [0.1, 0.15) is 5.60 Å². The smallest absolute Gasteiger partial charge is 0.312 e. The second kappa shape index (κ2) is 2.73. The van der Waals surface area contributed by atoms with E-state index in [-0.39, 0.29) is 22.9 Å². The van der Waals surface area contributed by atoms with Gasteiger partial charge < -0.3 is 4.74 Å². The van der Waals surface area contributed by atoms with Crippen LogP contribution in [0.2, 0.25) is 0 Å². The van der Waals surface area contributed by atoms with E-state index < -0.39 is 0 Å². The molecule has 0 aromatic rings. The summed E-state index contributed by atoms with van der Waals surface area (Å²) in [6, 6.07) is 0. The van der Waals surface area contributed by atoms with Gasteiger partial charge in [-0.25, -0.2) is 0 Å². The lowest BCUT2D eigenvalue weighted by Crippen LogP contribution is -2.39. The summed E-state index contributed by atoms with van der Waals surface area (Å²) in [5, 5.41) is 0. The van der Waals surface area contributed by atoms with Crippen molar-refractivity contribution in [3.8, 4) is 0 Å². The quantitative estimate of drug-likeness (QED) is 0.585. The number of cyclic esters (lactones) is 1. The molecule has 0 aromatic heterocycles. The third-order valence-corrected chi connectivity index (χ3v) is 3.93. The number of hydrogen-bond acceptors (Lipinski definition) is 2. The van der Waals surface area contributed by atoms with E-state index >= 15 is 0 Å². The molecule has 1 rings (SSSR count). The summed E-state index contributed by atoms with van der Waals surface area (Å²) in [6.45, 7) is 12.3. The molecule has 0 radical (unpaired) electrons. The highest BCUT2D eigenvalue weighted by Crippen LogP contribution is 2.48. The van der Waals surface area contributed by atoms with Crippen molar-refractivity contribution in [3.63, 3.8) is 0 Å². The number of carbonyl (C=O) groups is 1. The molecule has 0 aromatic carbocycles. The molecule has 1 heterocycles. The standard InChI is InChI=1S/C11H20O2/c1-7(2)11(6)8(3)10(4,5)9(12)13-11/h7-8H,1-6H3. The maximum Gasteiger partial charge on any atom is 0.312 e. The predicted octanol–water partition coefficient (Wildman–Crippen LogP) is 2.62. The summed E-state index contributed by atoms with van der Waals surface area (Å²) in [4.78, 5) is 11.6. The van der Waals surface area contributed by atoms with E-state index in [1.807, 2.05) is 20.8 Å². The molecule has 0 saturated carbocycles. The van der Waals surface area contributed by atoms with Gasteiger partial charge in [-0.15, -0.1) is 0 Å². The molecule has 0 amide bonds. The average Bonchev–Trinajstić information content (AvgIpc) is 2.14. The van der Waals surface area contributed by atoms with Gasteiger partial charge in [-0.05, 0) is 26.7 Å². The highest BCUT2D eigenvalue weighted by Gasteiger charge is 2.56. The maximum atomic E-state index is 11.6. The molecule has 2 heteroatoms. The van der Waals surface area contributed by atoms with E-state index in [0.717, 1.165) is 0 Å². The molecule has 0 spiro atoms. The monoisotopic (exact) mass is 184 g/mol. The summed E-state index contributed by atoms with van der Waals surface area (Å²) in [6.07, 6.45) is 0. The summed E-state index contributed by atoms with van der Waals surface area (Å²) in [5.74, 6) is 0.580. The van der Waals surface area contributed by atoms with Crippen molar-refractivity contribution in [1.82, 2.24) is 0 Å². The van der Waals surface area contributed by atoms with E-state index in [0.29, 0.717) is 5.92 Å². The Morgan fingerprint density at radius 1 is 1.31 bits per heavy atom. The van der Waals surface area contributed by atoms with Crippen LogP contribution in [0, 0.1) is 17.3 Å². The van der Waals surface area contributed by atoms with Crippen LogP contribution in [-0.4, -0.2) is 11.6 Å². The van der Waals surface area contributed by atoms with E-state index in [4.69, 9.17) is 4.74 Å². The van der Waals surface area contributed by atoms with Gasteiger partial charge in [0.25, 0.3) is 0 Å². The molecule has 1 aliphatic rings. The number of rotatable bonds is 1. The fourth-order valence-electron chi connectivity index (χ4n) is 1.93. The normalized spacial score (nSPS) is 38.1. The Morgan fingerprint density at radius 3 is 1.92 bits per heavy atom. The van der Waals surface area contributed by atoms with Gasteiger partial charge >= 0.3 is 5.97 Å². The van der Waals surface area contributed by atoms with Crippen LogP contribution in [0.4, 0.5) is 0 Å². The SMILES string of the molecule is CC(C)C1(C)OC(=O)C(C)(C)C1C. The fourth-order valence-corrected chi connectivity index (χ4v) is 1.93. The molecular formula is C11H20O2. The predicted molar refractivity (Wildman–Crippen MR) is 52.3 cm³/mol. The zero-order valence-electron chi connectivity index (χ0n) is 9.47. The van der Waals surface area contributed by atoms with Crippen molar-refractivity contribution < 1.29 is 9.53 Å². The first-order valence-electron chi connectivity index (χ1n) is 4.96. The van der Waals surface area contributed by atoms with Crippen LogP contribution >= 0.6 is 0 Å². The number of ether oxygens (including phenoxy) is 1. The lowest BCUT2D eigenvalue weighted by atomic mass is 9.70. The van der Waals surface area contributed by atoms with Gasteiger partial charge in [-0.3, -0.25) is 4.79 Å². The molecular weight excluding hydrogens is 164 g/mol. The Kier molecular flexibility index (Phi) is 2.21. The van der Waals surface area contributed by atoms with Crippen LogP contribution in [0.1, 0.15) is 41.5 Å². The van der Waals surface area contributed by atoms with Crippen LogP contribution in [0.25, 0.3) is 0 Å². The van der Waals surface area contributed by atoms with Gasteiger partial charge in [0, 0.05) is 5.92 Å². The Bertz CT molecular complexity index is 230. The molecule has 1 aliphatic heterocycles. The molecule has 13 heavy (non-hydrogen) atoms.